The van der Waals surface area contributed by atoms with E-state index < -0.39 is 10.0 Å². The molecule has 1 aromatic heterocycles. The molecule has 0 radical (unpaired) electrons. The van der Waals surface area contributed by atoms with Crippen molar-refractivity contribution in [2.24, 2.45) is 5.14 Å². The number of fused-ring (bicyclic) bond motifs is 1. The van der Waals surface area contributed by atoms with Crippen molar-refractivity contribution in [2.75, 3.05) is 26.3 Å². The van der Waals surface area contributed by atoms with Crippen LogP contribution < -0.4 is 5.14 Å². The molecule has 0 amide bonds. The predicted molar refractivity (Wildman–Crippen MR) is 97.7 cm³/mol. The number of rotatable bonds is 4. The van der Waals surface area contributed by atoms with Gasteiger partial charge in [0.15, 0.2) is 0 Å². The second-order valence-corrected chi connectivity index (χ2v) is 8.48. The number of primary sulfonamides is 1. The number of nitrogens with zero attached hydrogens (tertiary/aromatic N) is 3. The zero-order valence-electron chi connectivity index (χ0n) is 14.7. The Bertz CT molecular complexity index is 884. The minimum absolute atomic E-state index is 0.121. The van der Waals surface area contributed by atoms with Crippen molar-refractivity contribution in [3.8, 4) is 5.69 Å². The molecule has 2 heterocycles. The fourth-order valence-electron chi connectivity index (χ4n) is 3.76. The highest BCUT2D eigenvalue weighted by molar-refractivity contribution is 7.89. The summed E-state index contributed by atoms with van der Waals surface area (Å²) in [5.41, 5.74) is 4.63. The largest absolute Gasteiger partial charge is 0.379 e. The highest BCUT2D eigenvalue weighted by atomic mass is 32.2. The molecule has 0 spiro atoms. The number of hydrogen-bond donors (Lipinski definition) is 1. The van der Waals surface area contributed by atoms with Gasteiger partial charge in [-0.05, 0) is 55.5 Å². The predicted octanol–water partition coefficient (Wildman–Crippen LogP) is 1.23. The molecule has 140 valence electrons. The minimum Gasteiger partial charge on any atom is -0.379 e. The monoisotopic (exact) mass is 376 g/mol. The van der Waals surface area contributed by atoms with Crippen molar-refractivity contribution in [1.29, 1.82) is 0 Å². The lowest BCUT2D eigenvalue weighted by Gasteiger charge is -2.26. The maximum Gasteiger partial charge on any atom is 0.238 e. The number of benzene rings is 1. The molecule has 8 heteroatoms. The molecule has 1 aliphatic carbocycles. The maximum absolute atomic E-state index is 11.5. The molecular formula is C18H24N4O3S. The standard InChI is InChI=1S/C18H24N4O3S/c19-26(23,24)15-7-5-14(6-8-15)22-18-4-2-1-3-16(18)17(20-22)13-21-9-11-25-12-10-21/h5-8H,1-4,9-13H2,(H2,19,23,24). The summed E-state index contributed by atoms with van der Waals surface area (Å²) in [5.74, 6) is 0. The van der Waals surface area contributed by atoms with Gasteiger partial charge in [0.1, 0.15) is 0 Å². The number of nitrogens with two attached hydrogens (primary N) is 1. The third-order valence-corrected chi connectivity index (χ3v) is 6.08. The Labute approximate surface area is 153 Å². The highest BCUT2D eigenvalue weighted by Gasteiger charge is 2.23. The Hall–Kier alpha value is -1.74. The third-order valence-electron chi connectivity index (χ3n) is 5.15. The molecule has 4 rings (SSSR count). The number of sulfonamides is 1. The van der Waals surface area contributed by atoms with Crippen molar-refractivity contribution in [3.05, 3.63) is 41.2 Å². The van der Waals surface area contributed by atoms with Crippen LogP contribution in [0.4, 0.5) is 0 Å². The van der Waals surface area contributed by atoms with Gasteiger partial charge >= 0.3 is 0 Å². The van der Waals surface area contributed by atoms with Crippen LogP contribution in [0.25, 0.3) is 5.69 Å². The average Bonchev–Trinajstić information content (AvgIpc) is 3.01. The molecule has 2 aliphatic rings. The van der Waals surface area contributed by atoms with Gasteiger partial charge in [-0.25, -0.2) is 18.2 Å². The molecule has 1 aliphatic heterocycles. The molecule has 0 unspecified atom stereocenters. The summed E-state index contributed by atoms with van der Waals surface area (Å²) in [6, 6.07) is 6.65. The zero-order chi connectivity index (χ0) is 18.1. The van der Waals surface area contributed by atoms with Crippen LogP contribution in [0.15, 0.2) is 29.2 Å². The fourth-order valence-corrected chi connectivity index (χ4v) is 4.28. The second kappa shape index (κ2) is 7.11. The van der Waals surface area contributed by atoms with E-state index in [2.05, 4.69) is 4.90 Å². The number of morpholine rings is 1. The summed E-state index contributed by atoms with van der Waals surface area (Å²) in [4.78, 5) is 2.51. The molecular weight excluding hydrogens is 352 g/mol. The normalized spacial score (nSPS) is 18.7. The summed E-state index contributed by atoms with van der Waals surface area (Å²) in [6.07, 6.45) is 4.41. The second-order valence-electron chi connectivity index (χ2n) is 6.92. The highest BCUT2D eigenvalue weighted by Crippen LogP contribution is 2.28. The Morgan fingerprint density at radius 2 is 1.77 bits per heavy atom. The first-order valence-electron chi connectivity index (χ1n) is 9.05. The van der Waals surface area contributed by atoms with E-state index in [0.29, 0.717) is 0 Å². The van der Waals surface area contributed by atoms with E-state index >= 15 is 0 Å². The summed E-state index contributed by atoms with van der Waals surface area (Å²) in [7, 11) is -3.68. The van der Waals surface area contributed by atoms with Gasteiger partial charge < -0.3 is 4.74 Å². The van der Waals surface area contributed by atoms with Crippen LogP contribution in [-0.4, -0.2) is 49.4 Å². The van der Waals surface area contributed by atoms with Gasteiger partial charge in [0.05, 0.1) is 29.5 Å². The maximum atomic E-state index is 11.5. The van der Waals surface area contributed by atoms with Crippen molar-refractivity contribution in [1.82, 2.24) is 14.7 Å². The minimum atomic E-state index is -3.68. The number of aromatic nitrogens is 2. The van der Waals surface area contributed by atoms with Gasteiger partial charge in [-0.1, -0.05) is 0 Å². The quantitative estimate of drug-likeness (QED) is 0.867. The van der Waals surface area contributed by atoms with Crippen LogP contribution in [0, 0.1) is 0 Å². The van der Waals surface area contributed by atoms with Crippen molar-refractivity contribution < 1.29 is 13.2 Å². The van der Waals surface area contributed by atoms with Crippen LogP contribution in [0.2, 0.25) is 0 Å². The van der Waals surface area contributed by atoms with Crippen LogP contribution in [-0.2, 0) is 34.1 Å². The first kappa shape index (κ1) is 17.7. The SMILES string of the molecule is NS(=O)(=O)c1ccc(-n2nc(CN3CCOCC3)c3c2CCCC3)cc1. The third kappa shape index (κ3) is 3.55. The topological polar surface area (TPSA) is 90.5 Å². The summed E-state index contributed by atoms with van der Waals surface area (Å²) in [6.45, 7) is 4.26. The average molecular weight is 376 g/mol. The first-order chi connectivity index (χ1) is 12.5. The van der Waals surface area contributed by atoms with E-state index in [1.165, 1.54) is 17.7 Å². The van der Waals surface area contributed by atoms with Gasteiger partial charge in [0.2, 0.25) is 10.0 Å². The van der Waals surface area contributed by atoms with E-state index in [0.717, 1.165) is 63.5 Å². The van der Waals surface area contributed by atoms with Gasteiger partial charge in [0, 0.05) is 25.3 Å². The molecule has 1 aromatic carbocycles. The Kier molecular flexibility index (Phi) is 4.83. The number of ether oxygens (including phenoxy) is 1. The summed E-state index contributed by atoms with van der Waals surface area (Å²) in [5, 5.41) is 10.1. The van der Waals surface area contributed by atoms with E-state index in [9.17, 15) is 8.42 Å². The molecule has 1 fully saturated rings. The summed E-state index contributed by atoms with van der Waals surface area (Å²) >= 11 is 0. The van der Waals surface area contributed by atoms with Gasteiger partial charge in [0.25, 0.3) is 0 Å². The van der Waals surface area contributed by atoms with Crippen molar-refractivity contribution in [3.63, 3.8) is 0 Å². The van der Waals surface area contributed by atoms with Crippen molar-refractivity contribution in [2.45, 2.75) is 37.1 Å². The molecule has 26 heavy (non-hydrogen) atoms. The van der Waals surface area contributed by atoms with Gasteiger partial charge in [-0.3, -0.25) is 4.90 Å². The molecule has 0 saturated carbocycles. The van der Waals surface area contributed by atoms with Crippen molar-refractivity contribution >= 4 is 10.0 Å². The van der Waals surface area contributed by atoms with E-state index in [4.69, 9.17) is 15.0 Å². The Balaban J connectivity index is 1.67. The zero-order valence-corrected chi connectivity index (χ0v) is 15.5. The van der Waals surface area contributed by atoms with Crippen LogP contribution in [0.3, 0.4) is 0 Å². The van der Waals surface area contributed by atoms with E-state index in [1.54, 1.807) is 24.3 Å². The Morgan fingerprint density at radius 1 is 1.08 bits per heavy atom. The molecule has 0 bridgehead atoms. The van der Waals surface area contributed by atoms with Gasteiger partial charge in [-0.15, -0.1) is 0 Å². The molecule has 0 atom stereocenters. The van der Waals surface area contributed by atoms with Crippen LogP contribution in [0.1, 0.15) is 29.8 Å². The summed E-state index contributed by atoms with van der Waals surface area (Å²) < 4.78 is 30.4. The smallest absolute Gasteiger partial charge is 0.238 e. The number of hydrogen-bond acceptors (Lipinski definition) is 5. The lowest BCUT2D eigenvalue weighted by molar-refractivity contribution is 0.0335. The molecule has 2 aromatic rings. The molecule has 7 nitrogen and oxygen atoms in total. The van der Waals surface area contributed by atoms with Crippen LogP contribution >= 0.6 is 0 Å². The van der Waals surface area contributed by atoms with E-state index in [-0.39, 0.29) is 4.90 Å². The molecule has 1 saturated heterocycles. The Morgan fingerprint density at radius 3 is 2.46 bits per heavy atom. The van der Waals surface area contributed by atoms with Crippen LogP contribution in [0.5, 0.6) is 0 Å². The fraction of sp³-hybridized carbons (Fsp3) is 0.500. The first-order valence-corrected chi connectivity index (χ1v) is 10.6. The lowest BCUT2D eigenvalue weighted by atomic mass is 9.95. The lowest BCUT2D eigenvalue weighted by Crippen LogP contribution is -2.36. The van der Waals surface area contributed by atoms with Gasteiger partial charge in [-0.2, -0.15) is 5.10 Å². The van der Waals surface area contributed by atoms with E-state index in [1.807, 2.05) is 4.68 Å². The molecule has 2 N–H and O–H groups in total.